The second kappa shape index (κ2) is 9.03. The van der Waals surface area contributed by atoms with Gasteiger partial charge in [-0.25, -0.2) is 4.79 Å². The first-order valence-corrected chi connectivity index (χ1v) is 8.71. The van der Waals surface area contributed by atoms with E-state index in [9.17, 15) is 9.59 Å². The van der Waals surface area contributed by atoms with Gasteiger partial charge in [0.15, 0.2) is 5.16 Å². The molecule has 132 valence electrons. The lowest BCUT2D eigenvalue weighted by molar-refractivity contribution is -0.137. The molecule has 0 unspecified atom stereocenters. The Balaban J connectivity index is 1.85. The summed E-state index contributed by atoms with van der Waals surface area (Å²) in [6, 6.07) is 7.18. The predicted octanol–water partition coefficient (Wildman–Crippen LogP) is 2.43. The lowest BCUT2D eigenvalue weighted by Gasteiger charge is -2.05. The van der Waals surface area contributed by atoms with E-state index >= 15 is 0 Å². The van der Waals surface area contributed by atoms with Crippen LogP contribution in [0, 0.1) is 6.92 Å². The third-order valence-electron chi connectivity index (χ3n) is 3.28. The molecular formula is C17H20N4O3S. The second-order valence-electron chi connectivity index (χ2n) is 5.13. The fraction of sp³-hybridized carbons (Fsp3) is 0.294. The van der Waals surface area contributed by atoms with Crippen LogP contribution >= 0.6 is 11.8 Å². The molecule has 0 saturated heterocycles. The minimum absolute atomic E-state index is 0.125. The lowest BCUT2D eigenvalue weighted by atomic mass is 10.2. The average Bonchev–Trinajstić information content (AvgIpc) is 2.91. The molecule has 1 aromatic carbocycles. The minimum atomic E-state index is -0.379. The summed E-state index contributed by atoms with van der Waals surface area (Å²) in [5.41, 5.74) is 1.53. The van der Waals surface area contributed by atoms with Crippen LogP contribution in [-0.4, -0.2) is 39.0 Å². The van der Waals surface area contributed by atoms with Gasteiger partial charge in [0.05, 0.1) is 12.4 Å². The van der Waals surface area contributed by atoms with Crippen LogP contribution < -0.4 is 5.32 Å². The Morgan fingerprint density at radius 1 is 1.28 bits per heavy atom. The number of thioether (sulfide) groups is 1. The summed E-state index contributed by atoms with van der Waals surface area (Å²) in [5, 5.41) is 11.5. The number of hydrogen-bond donors (Lipinski definition) is 1. The van der Waals surface area contributed by atoms with Crippen LogP contribution in [0.2, 0.25) is 0 Å². The molecule has 0 saturated carbocycles. The van der Waals surface area contributed by atoms with Gasteiger partial charge >= 0.3 is 5.97 Å². The third kappa shape index (κ3) is 5.75. The highest BCUT2D eigenvalue weighted by Crippen LogP contribution is 2.16. The molecule has 2 aromatic rings. The van der Waals surface area contributed by atoms with Crippen molar-refractivity contribution in [2.75, 3.05) is 17.7 Å². The number of benzene rings is 1. The van der Waals surface area contributed by atoms with E-state index in [-0.39, 0.29) is 17.6 Å². The SMILES string of the molecule is CCOC(=O)C=Cc1ccc(NC(=O)CSc2nnc(C)n2C)cc1. The lowest BCUT2D eigenvalue weighted by Crippen LogP contribution is -2.14. The maximum Gasteiger partial charge on any atom is 0.330 e. The zero-order valence-corrected chi connectivity index (χ0v) is 15.2. The molecular weight excluding hydrogens is 340 g/mol. The maximum absolute atomic E-state index is 12.0. The molecule has 1 N–H and O–H groups in total. The average molecular weight is 360 g/mol. The summed E-state index contributed by atoms with van der Waals surface area (Å²) in [4.78, 5) is 23.3. The normalized spacial score (nSPS) is 10.8. The number of rotatable bonds is 7. The van der Waals surface area contributed by atoms with Gasteiger partial charge in [0.2, 0.25) is 5.91 Å². The van der Waals surface area contributed by atoms with Gasteiger partial charge in [0, 0.05) is 18.8 Å². The van der Waals surface area contributed by atoms with E-state index in [0.717, 1.165) is 11.4 Å². The van der Waals surface area contributed by atoms with E-state index < -0.39 is 0 Å². The number of ether oxygens (including phenoxy) is 1. The molecule has 2 rings (SSSR count). The van der Waals surface area contributed by atoms with E-state index in [1.54, 1.807) is 25.1 Å². The predicted molar refractivity (Wildman–Crippen MR) is 97.2 cm³/mol. The first-order valence-electron chi connectivity index (χ1n) is 7.73. The molecule has 0 aliphatic rings. The van der Waals surface area contributed by atoms with Gasteiger partial charge in [-0.2, -0.15) is 0 Å². The monoisotopic (exact) mass is 360 g/mol. The zero-order chi connectivity index (χ0) is 18.2. The van der Waals surface area contributed by atoms with E-state index in [1.165, 1.54) is 17.8 Å². The van der Waals surface area contributed by atoms with E-state index in [4.69, 9.17) is 4.74 Å². The maximum atomic E-state index is 12.0. The number of anilines is 1. The Morgan fingerprint density at radius 2 is 2.00 bits per heavy atom. The molecule has 0 atom stereocenters. The van der Waals surface area contributed by atoms with Crippen LogP contribution in [0.5, 0.6) is 0 Å². The molecule has 0 aliphatic heterocycles. The van der Waals surface area contributed by atoms with Crippen LogP contribution in [0.3, 0.4) is 0 Å². The highest BCUT2D eigenvalue weighted by atomic mass is 32.2. The molecule has 7 nitrogen and oxygen atoms in total. The molecule has 1 amide bonds. The molecule has 25 heavy (non-hydrogen) atoms. The Kier molecular flexibility index (Phi) is 6.76. The number of carbonyl (C=O) groups excluding carboxylic acids is 2. The number of aromatic nitrogens is 3. The molecule has 8 heteroatoms. The Morgan fingerprint density at radius 3 is 2.60 bits per heavy atom. The molecule has 1 heterocycles. The summed E-state index contributed by atoms with van der Waals surface area (Å²) in [6.45, 7) is 3.96. The third-order valence-corrected chi connectivity index (χ3v) is 4.30. The molecule has 0 fully saturated rings. The van der Waals surface area contributed by atoms with Crippen LogP contribution in [0.4, 0.5) is 5.69 Å². The Hall–Kier alpha value is -2.61. The summed E-state index contributed by atoms with van der Waals surface area (Å²) >= 11 is 1.33. The van der Waals surface area contributed by atoms with Crippen molar-refractivity contribution in [1.29, 1.82) is 0 Å². The van der Waals surface area contributed by atoms with Crippen LogP contribution in [0.25, 0.3) is 6.08 Å². The Bertz CT molecular complexity index is 769. The number of aryl methyl sites for hydroxylation is 1. The van der Waals surface area contributed by atoms with E-state index in [1.807, 2.05) is 30.7 Å². The van der Waals surface area contributed by atoms with E-state index in [2.05, 4.69) is 15.5 Å². The molecule has 0 aliphatic carbocycles. The largest absolute Gasteiger partial charge is 0.463 e. The number of carbonyl (C=O) groups is 2. The summed E-state index contributed by atoms with van der Waals surface area (Å²) in [5.74, 6) is 0.544. The highest BCUT2D eigenvalue weighted by molar-refractivity contribution is 7.99. The van der Waals surface area contributed by atoms with Gasteiger partial charge in [-0.15, -0.1) is 10.2 Å². The van der Waals surface area contributed by atoms with Crippen molar-refractivity contribution in [3.8, 4) is 0 Å². The number of hydrogen-bond acceptors (Lipinski definition) is 6. The van der Waals surface area contributed by atoms with Crippen LogP contribution in [-0.2, 0) is 21.4 Å². The molecule has 1 aromatic heterocycles. The van der Waals surface area contributed by atoms with Crippen molar-refractivity contribution < 1.29 is 14.3 Å². The number of amides is 1. The fourth-order valence-corrected chi connectivity index (χ4v) is 2.63. The van der Waals surface area contributed by atoms with Crippen molar-refractivity contribution >= 4 is 35.4 Å². The Labute approximate surface area is 150 Å². The van der Waals surface area contributed by atoms with Gasteiger partial charge in [-0.3, -0.25) is 4.79 Å². The zero-order valence-electron chi connectivity index (χ0n) is 14.4. The van der Waals surface area contributed by atoms with Crippen molar-refractivity contribution in [1.82, 2.24) is 14.8 Å². The van der Waals surface area contributed by atoms with E-state index in [0.29, 0.717) is 17.5 Å². The first-order chi connectivity index (χ1) is 12.0. The van der Waals surface area contributed by atoms with Crippen LogP contribution in [0.1, 0.15) is 18.3 Å². The number of nitrogens with zero attached hydrogens (tertiary/aromatic N) is 3. The number of esters is 1. The molecule has 0 bridgehead atoms. The first kappa shape index (κ1) is 18.7. The van der Waals surface area contributed by atoms with Crippen molar-refractivity contribution in [2.24, 2.45) is 7.05 Å². The fourth-order valence-electron chi connectivity index (χ4n) is 1.87. The van der Waals surface area contributed by atoms with Crippen molar-refractivity contribution in [3.05, 3.63) is 41.7 Å². The number of nitrogens with one attached hydrogen (secondary N) is 1. The van der Waals surface area contributed by atoms with Gasteiger partial charge in [0.25, 0.3) is 0 Å². The highest BCUT2D eigenvalue weighted by Gasteiger charge is 2.09. The quantitative estimate of drug-likeness (QED) is 0.464. The van der Waals surface area contributed by atoms with Gasteiger partial charge in [-0.05, 0) is 37.6 Å². The van der Waals surface area contributed by atoms with Gasteiger partial charge in [-0.1, -0.05) is 23.9 Å². The van der Waals surface area contributed by atoms with Crippen molar-refractivity contribution in [3.63, 3.8) is 0 Å². The summed E-state index contributed by atoms with van der Waals surface area (Å²) < 4.78 is 6.65. The summed E-state index contributed by atoms with van der Waals surface area (Å²) in [6.07, 6.45) is 3.03. The molecule has 0 spiro atoms. The van der Waals surface area contributed by atoms with Crippen molar-refractivity contribution in [2.45, 2.75) is 19.0 Å². The second-order valence-corrected chi connectivity index (χ2v) is 6.08. The topological polar surface area (TPSA) is 86.1 Å². The van der Waals surface area contributed by atoms with Gasteiger partial charge < -0.3 is 14.6 Å². The van der Waals surface area contributed by atoms with Crippen LogP contribution in [0.15, 0.2) is 35.5 Å². The van der Waals surface area contributed by atoms with Gasteiger partial charge in [0.1, 0.15) is 5.82 Å². The molecule has 0 radical (unpaired) electrons. The smallest absolute Gasteiger partial charge is 0.330 e. The summed E-state index contributed by atoms with van der Waals surface area (Å²) in [7, 11) is 1.86. The minimum Gasteiger partial charge on any atom is -0.463 e. The standard InChI is InChI=1S/C17H20N4O3S/c1-4-24-16(23)10-7-13-5-8-14(9-6-13)18-15(22)11-25-17-20-19-12(2)21(17)3/h5-10H,4,11H2,1-3H3,(H,18,22).